The van der Waals surface area contributed by atoms with Gasteiger partial charge in [-0.1, -0.05) is 26.2 Å². The summed E-state index contributed by atoms with van der Waals surface area (Å²) in [6, 6.07) is 1.99. The molecule has 1 aliphatic rings. The molecule has 4 heteroatoms. The average Bonchev–Trinajstić information content (AvgIpc) is 2.81. The van der Waals surface area contributed by atoms with Gasteiger partial charge in [-0.2, -0.15) is 0 Å². The Hall–Kier alpha value is -0.870. The van der Waals surface area contributed by atoms with Crippen LogP contribution in [-0.2, 0) is 6.42 Å². The van der Waals surface area contributed by atoms with E-state index in [0.29, 0.717) is 0 Å². The normalized spacial score (nSPS) is 18.3. The standard InChI is InChI=1S/C15H23NO2S/c1-3-12-9-13(19-11(12)2)14(18)16-15(10-17)7-5-4-6-8-15/h9,17H,3-8,10H2,1-2H3,(H,16,18). The van der Waals surface area contributed by atoms with E-state index in [9.17, 15) is 9.90 Å². The Labute approximate surface area is 119 Å². The Morgan fingerprint density at radius 3 is 2.63 bits per heavy atom. The summed E-state index contributed by atoms with van der Waals surface area (Å²) < 4.78 is 0. The van der Waals surface area contributed by atoms with Gasteiger partial charge in [0.1, 0.15) is 0 Å². The van der Waals surface area contributed by atoms with Crippen LogP contribution in [0, 0.1) is 6.92 Å². The molecule has 0 aliphatic heterocycles. The quantitative estimate of drug-likeness (QED) is 0.891. The molecule has 0 spiro atoms. The zero-order valence-electron chi connectivity index (χ0n) is 11.8. The molecule has 0 bridgehead atoms. The van der Waals surface area contributed by atoms with E-state index in [1.54, 1.807) is 11.3 Å². The van der Waals surface area contributed by atoms with Gasteiger partial charge in [0.2, 0.25) is 0 Å². The highest BCUT2D eigenvalue weighted by Crippen LogP contribution is 2.29. The number of nitrogens with one attached hydrogen (secondary N) is 1. The molecule has 106 valence electrons. The number of carbonyl (C=O) groups is 1. The lowest BCUT2D eigenvalue weighted by molar-refractivity contribution is 0.0762. The van der Waals surface area contributed by atoms with Crippen LogP contribution < -0.4 is 5.32 Å². The lowest BCUT2D eigenvalue weighted by Crippen LogP contribution is -2.52. The second kappa shape index (κ2) is 6.06. The van der Waals surface area contributed by atoms with Crippen molar-refractivity contribution in [3.63, 3.8) is 0 Å². The number of rotatable bonds is 4. The zero-order valence-corrected chi connectivity index (χ0v) is 12.6. The topological polar surface area (TPSA) is 49.3 Å². The van der Waals surface area contributed by atoms with Crippen molar-refractivity contribution >= 4 is 17.2 Å². The van der Waals surface area contributed by atoms with Crippen molar-refractivity contribution in [2.24, 2.45) is 0 Å². The molecule has 0 radical (unpaired) electrons. The summed E-state index contributed by atoms with van der Waals surface area (Å²) >= 11 is 1.55. The number of thiophene rings is 1. The van der Waals surface area contributed by atoms with Gasteiger partial charge in [-0.05, 0) is 37.8 Å². The van der Waals surface area contributed by atoms with E-state index >= 15 is 0 Å². The Bertz CT molecular complexity index is 447. The number of hydrogen-bond donors (Lipinski definition) is 2. The third-order valence-corrected chi connectivity index (χ3v) is 5.21. The summed E-state index contributed by atoms with van der Waals surface area (Å²) in [4.78, 5) is 14.3. The fraction of sp³-hybridized carbons (Fsp3) is 0.667. The van der Waals surface area contributed by atoms with Crippen molar-refractivity contribution in [2.45, 2.75) is 57.9 Å². The van der Waals surface area contributed by atoms with Gasteiger partial charge in [0, 0.05) is 4.88 Å². The highest BCUT2D eigenvalue weighted by molar-refractivity contribution is 7.14. The molecule has 0 aromatic carbocycles. The molecule has 1 aromatic rings. The first-order valence-electron chi connectivity index (χ1n) is 7.13. The summed E-state index contributed by atoms with van der Waals surface area (Å²) in [6.07, 6.45) is 6.12. The molecule has 0 atom stereocenters. The molecule has 1 heterocycles. The highest BCUT2D eigenvalue weighted by Gasteiger charge is 2.33. The first-order chi connectivity index (χ1) is 9.10. The van der Waals surface area contributed by atoms with Crippen LogP contribution in [0.4, 0.5) is 0 Å². The second-order valence-electron chi connectivity index (χ2n) is 5.50. The largest absolute Gasteiger partial charge is 0.394 e. The zero-order chi connectivity index (χ0) is 13.9. The maximum Gasteiger partial charge on any atom is 0.261 e. The van der Waals surface area contributed by atoms with Crippen molar-refractivity contribution in [1.82, 2.24) is 5.32 Å². The second-order valence-corrected chi connectivity index (χ2v) is 6.76. The summed E-state index contributed by atoms with van der Waals surface area (Å²) in [7, 11) is 0. The molecule has 1 aliphatic carbocycles. The van der Waals surface area contributed by atoms with Crippen LogP contribution >= 0.6 is 11.3 Å². The predicted octanol–water partition coefficient (Wildman–Crippen LogP) is 3.04. The van der Waals surface area contributed by atoms with Gasteiger partial charge < -0.3 is 10.4 Å². The number of hydrogen-bond acceptors (Lipinski definition) is 3. The number of amides is 1. The van der Waals surface area contributed by atoms with E-state index < -0.39 is 0 Å². The molecule has 19 heavy (non-hydrogen) atoms. The van der Waals surface area contributed by atoms with Crippen molar-refractivity contribution in [3.8, 4) is 0 Å². The van der Waals surface area contributed by atoms with Crippen LogP contribution in [-0.4, -0.2) is 23.2 Å². The average molecular weight is 281 g/mol. The third-order valence-electron chi connectivity index (χ3n) is 4.12. The summed E-state index contributed by atoms with van der Waals surface area (Å²) in [5, 5.41) is 12.7. The predicted molar refractivity (Wildman–Crippen MR) is 78.8 cm³/mol. The van der Waals surface area contributed by atoms with Gasteiger partial charge in [0.05, 0.1) is 17.0 Å². The lowest BCUT2D eigenvalue weighted by Gasteiger charge is -2.36. The molecule has 1 aromatic heterocycles. The number of aryl methyl sites for hydroxylation is 2. The summed E-state index contributed by atoms with van der Waals surface area (Å²) in [5.41, 5.74) is 0.858. The van der Waals surface area contributed by atoms with Crippen molar-refractivity contribution in [3.05, 3.63) is 21.4 Å². The Morgan fingerprint density at radius 1 is 1.42 bits per heavy atom. The van der Waals surface area contributed by atoms with E-state index in [4.69, 9.17) is 0 Å². The van der Waals surface area contributed by atoms with E-state index in [0.717, 1.165) is 37.0 Å². The third kappa shape index (κ3) is 3.18. The lowest BCUT2D eigenvalue weighted by atomic mass is 9.82. The van der Waals surface area contributed by atoms with Crippen molar-refractivity contribution < 1.29 is 9.90 Å². The Kier molecular flexibility index (Phi) is 4.63. The molecule has 1 fully saturated rings. The van der Waals surface area contributed by atoms with Crippen LogP contribution in [0.3, 0.4) is 0 Å². The number of carbonyl (C=O) groups excluding carboxylic acids is 1. The fourth-order valence-electron chi connectivity index (χ4n) is 2.84. The van der Waals surface area contributed by atoms with Crippen LogP contribution in [0.2, 0.25) is 0 Å². The maximum atomic E-state index is 12.3. The van der Waals surface area contributed by atoms with E-state index in [1.807, 2.05) is 6.07 Å². The Balaban J connectivity index is 2.10. The smallest absolute Gasteiger partial charge is 0.261 e. The minimum atomic E-state index is -0.389. The first-order valence-corrected chi connectivity index (χ1v) is 7.94. The van der Waals surface area contributed by atoms with Gasteiger partial charge in [0.25, 0.3) is 5.91 Å². The molecule has 2 rings (SSSR count). The van der Waals surface area contributed by atoms with Gasteiger partial charge >= 0.3 is 0 Å². The molecule has 0 unspecified atom stereocenters. The van der Waals surface area contributed by atoms with E-state index in [-0.39, 0.29) is 18.1 Å². The van der Waals surface area contributed by atoms with Crippen LogP contribution in [0.5, 0.6) is 0 Å². The van der Waals surface area contributed by atoms with E-state index in [1.165, 1.54) is 16.9 Å². The van der Waals surface area contributed by atoms with Gasteiger partial charge in [-0.25, -0.2) is 0 Å². The van der Waals surface area contributed by atoms with E-state index in [2.05, 4.69) is 19.2 Å². The molecule has 2 N–H and O–H groups in total. The summed E-state index contributed by atoms with van der Waals surface area (Å²) in [5.74, 6) is -0.0243. The molecule has 0 saturated heterocycles. The molecule has 1 saturated carbocycles. The number of aliphatic hydroxyl groups excluding tert-OH is 1. The SMILES string of the molecule is CCc1cc(C(=O)NC2(CO)CCCCC2)sc1C. The van der Waals surface area contributed by atoms with Crippen LogP contribution in [0.1, 0.15) is 59.1 Å². The van der Waals surface area contributed by atoms with Crippen molar-refractivity contribution in [2.75, 3.05) is 6.61 Å². The molecule has 1 amide bonds. The first kappa shape index (κ1) is 14.5. The number of aliphatic hydroxyl groups is 1. The van der Waals surface area contributed by atoms with Crippen LogP contribution in [0.15, 0.2) is 6.07 Å². The van der Waals surface area contributed by atoms with Crippen LogP contribution in [0.25, 0.3) is 0 Å². The highest BCUT2D eigenvalue weighted by atomic mass is 32.1. The van der Waals surface area contributed by atoms with Gasteiger partial charge in [0.15, 0.2) is 0 Å². The minimum Gasteiger partial charge on any atom is -0.394 e. The monoisotopic (exact) mass is 281 g/mol. The minimum absolute atomic E-state index is 0.0243. The molecular weight excluding hydrogens is 258 g/mol. The summed E-state index contributed by atoms with van der Waals surface area (Å²) in [6.45, 7) is 4.21. The fourth-order valence-corrected chi connectivity index (χ4v) is 3.85. The maximum absolute atomic E-state index is 12.3. The molecule has 3 nitrogen and oxygen atoms in total. The van der Waals surface area contributed by atoms with Crippen molar-refractivity contribution in [1.29, 1.82) is 0 Å². The van der Waals surface area contributed by atoms with Gasteiger partial charge in [-0.3, -0.25) is 4.79 Å². The molecular formula is C15H23NO2S. The Morgan fingerprint density at radius 2 is 2.11 bits per heavy atom. The van der Waals surface area contributed by atoms with Gasteiger partial charge in [-0.15, -0.1) is 11.3 Å².